The van der Waals surface area contributed by atoms with E-state index in [2.05, 4.69) is 35.4 Å². The van der Waals surface area contributed by atoms with Crippen molar-refractivity contribution in [3.63, 3.8) is 0 Å². The van der Waals surface area contributed by atoms with E-state index in [0.29, 0.717) is 0 Å². The highest BCUT2D eigenvalue weighted by atomic mass is 16.2. The largest absolute Gasteiger partial charge is 0.324 e. The zero-order chi connectivity index (χ0) is 14.4. The van der Waals surface area contributed by atoms with Crippen molar-refractivity contribution in [1.82, 2.24) is 10.2 Å². The Labute approximate surface area is 121 Å². The number of nitrogens with one attached hydrogen (secondary N) is 2. The van der Waals surface area contributed by atoms with Gasteiger partial charge in [-0.1, -0.05) is 32.0 Å². The Kier molecular flexibility index (Phi) is 5.56. The zero-order valence-corrected chi connectivity index (χ0v) is 12.5. The van der Waals surface area contributed by atoms with E-state index < -0.39 is 0 Å². The average Bonchev–Trinajstić information content (AvgIpc) is 3.00. The van der Waals surface area contributed by atoms with E-state index in [0.717, 1.165) is 44.7 Å². The molecule has 0 aromatic heterocycles. The summed E-state index contributed by atoms with van der Waals surface area (Å²) in [6.45, 7) is 8.17. The Balaban J connectivity index is 2.05. The van der Waals surface area contributed by atoms with Gasteiger partial charge in [-0.25, -0.2) is 0 Å². The first kappa shape index (κ1) is 15.0. The lowest BCUT2D eigenvalue weighted by Gasteiger charge is -2.21. The standard InChI is InChI=1S/C16H25N3O/c1-3-19(4-2)12-13-8-5-6-9-14(13)18-16(20)15-10-7-11-17-15/h5-6,8-9,15,17H,3-4,7,10-12H2,1-2H3,(H,18,20)/t15-/m1/s1. The third-order valence-corrected chi connectivity index (χ3v) is 3.94. The molecule has 0 bridgehead atoms. The van der Waals surface area contributed by atoms with E-state index in [1.165, 1.54) is 5.56 Å². The smallest absolute Gasteiger partial charge is 0.241 e. The molecular formula is C16H25N3O. The number of carbonyl (C=O) groups is 1. The van der Waals surface area contributed by atoms with Gasteiger partial charge in [0, 0.05) is 12.2 Å². The molecule has 0 unspecified atom stereocenters. The predicted molar refractivity (Wildman–Crippen MR) is 82.7 cm³/mol. The molecule has 1 amide bonds. The van der Waals surface area contributed by atoms with Crippen molar-refractivity contribution in [2.45, 2.75) is 39.3 Å². The van der Waals surface area contributed by atoms with Crippen LogP contribution in [0.15, 0.2) is 24.3 Å². The molecule has 0 spiro atoms. The van der Waals surface area contributed by atoms with Crippen molar-refractivity contribution in [3.05, 3.63) is 29.8 Å². The summed E-state index contributed by atoms with van der Waals surface area (Å²) in [5, 5.41) is 6.31. The van der Waals surface area contributed by atoms with Crippen molar-refractivity contribution >= 4 is 11.6 Å². The van der Waals surface area contributed by atoms with Gasteiger partial charge in [0.25, 0.3) is 0 Å². The Morgan fingerprint density at radius 3 is 2.75 bits per heavy atom. The van der Waals surface area contributed by atoms with E-state index in [1.807, 2.05) is 18.2 Å². The molecule has 110 valence electrons. The third-order valence-electron chi connectivity index (χ3n) is 3.94. The maximum Gasteiger partial charge on any atom is 0.241 e. The number of hydrogen-bond acceptors (Lipinski definition) is 3. The molecule has 1 aliphatic heterocycles. The summed E-state index contributed by atoms with van der Waals surface area (Å²) in [6, 6.07) is 8.06. The first-order valence-electron chi connectivity index (χ1n) is 7.59. The maximum atomic E-state index is 12.2. The number of carbonyl (C=O) groups excluding carboxylic acids is 1. The lowest BCUT2D eigenvalue weighted by atomic mass is 10.1. The van der Waals surface area contributed by atoms with Gasteiger partial charge in [0.2, 0.25) is 5.91 Å². The molecule has 1 aliphatic rings. The van der Waals surface area contributed by atoms with E-state index in [1.54, 1.807) is 0 Å². The fourth-order valence-electron chi connectivity index (χ4n) is 2.60. The molecule has 4 heteroatoms. The van der Waals surface area contributed by atoms with Crippen LogP contribution in [0.2, 0.25) is 0 Å². The highest BCUT2D eigenvalue weighted by Crippen LogP contribution is 2.18. The minimum atomic E-state index is -0.0310. The van der Waals surface area contributed by atoms with Gasteiger partial charge in [-0.3, -0.25) is 9.69 Å². The lowest BCUT2D eigenvalue weighted by molar-refractivity contribution is -0.117. The Bertz CT molecular complexity index is 437. The van der Waals surface area contributed by atoms with Crippen molar-refractivity contribution in [2.75, 3.05) is 25.0 Å². The number of nitrogens with zero attached hydrogens (tertiary/aromatic N) is 1. The van der Waals surface area contributed by atoms with E-state index in [-0.39, 0.29) is 11.9 Å². The first-order chi connectivity index (χ1) is 9.74. The van der Waals surface area contributed by atoms with Crippen LogP contribution in [-0.4, -0.2) is 36.5 Å². The molecule has 0 saturated carbocycles. The molecule has 1 heterocycles. The van der Waals surface area contributed by atoms with Crippen LogP contribution in [0.1, 0.15) is 32.3 Å². The van der Waals surface area contributed by atoms with E-state index in [4.69, 9.17) is 0 Å². The molecule has 1 fully saturated rings. The number of anilines is 1. The molecular weight excluding hydrogens is 250 g/mol. The number of hydrogen-bond donors (Lipinski definition) is 2. The Hall–Kier alpha value is -1.39. The maximum absolute atomic E-state index is 12.2. The second-order valence-corrected chi connectivity index (χ2v) is 5.26. The number of para-hydroxylation sites is 1. The summed E-state index contributed by atoms with van der Waals surface area (Å²) >= 11 is 0. The van der Waals surface area contributed by atoms with Gasteiger partial charge in [-0.05, 0) is 44.1 Å². The summed E-state index contributed by atoms with van der Waals surface area (Å²) in [5.74, 6) is 0.0921. The van der Waals surface area contributed by atoms with Crippen molar-refractivity contribution in [3.8, 4) is 0 Å². The minimum Gasteiger partial charge on any atom is -0.324 e. The fourth-order valence-corrected chi connectivity index (χ4v) is 2.60. The fraction of sp³-hybridized carbons (Fsp3) is 0.562. The molecule has 1 atom stereocenters. The summed E-state index contributed by atoms with van der Waals surface area (Å²) in [7, 11) is 0. The van der Waals surface area contributed by atoms with Gasteiger partial charge >= 0.3 is 0 Å². The van der Waals surface area contributed by atoms with Crippen LogP contribution in [0.3, 0.4) is 0 Å². The van der Waals surface area contributed by atoms with Gasteiger partial charge in [0.05, 0.1) is 6.04 Å². The van der Waals surface area contributed by atoms with Gasteiger partial charge in [-0.15, -0.1) is 0 Å². The predicted octanol–water partition coefficient (Wildman–Crippen LogP) is 2.22. The molecule has 0 radical (unpaired) electrons. The molecule has 1 aromatic carbocycles. The van der Waals surface area contributed by atoms with Gasteiger partial charge in [0.15, 0.2) is 0 Å². The SMILES string of the molecule is CCN(CC)Cc1ccccc1NC(=O)[C@H]1CCCN1. The highest BCUT2D eigenvalue weighted by molar-refractivity contribution is 5.95. The quantitative estimate of drug-likeness (QED) is 0.836. The monoisotopic (exact) mass is 275 g/mol. The highest BCUT2D eigenvalue weighted by Gasteiger charge is 2.22. The number of benzene rings is 1. The van der Waals surface area contributed by atoms with Crippen molar-refractivity contribution < 1.29 is 4.79 Å². The van der Waals surface area contributed by atoms with Crippen LogP contribution in [0.4, 0.5) is 5.69 Å². The zero-order valence-electron chi connectivity index (χ0n) is 12.5. The summed E-state index contributed by atoms with van der Waals surface area (Å²) < 4.78 is 0. The summed E-state index contributed by atoms with van der Waals surface area (Å²) in [5.41, 5.74) is 2.13. The second-order valence-electron chi connectivity index (χ2n) is 5.26. The van der Waals surface area contributed by atoms with E-state index >= 15 is 0 Å². The van der Waals surface area contributed by atoms with Crippen LogP contribution < -0.4 is 10.6 Å². The van der Waals surface area contributed by atoms with Crippen LogP contribution in [0.5, 0.6) is 0 Å². The third kappa shape index (κ3) is 3.81. The average molecular weight is 275 g/mol. The van der Waals surface area contributed by atoms with Crippen LogP contribution in [0.25, 0.3) is 0 Å². The van der Waals surface area contributed by atoms with Gasteiger partial charge < -0.3 is 10.6 Å². The van der Waals surface area contributed by atoms with E-state index in [9.17, 15) is 4.79 Å². The van der Waals surface area contributed by atoms with Crippen LogP contribution in [0, 0.1) is 0 Å². The second kappa shape index (κ2) is 7.41. The van der Waals surface area contributed by atoms with Crippen LogP contribution in [-0.2, 0) is 11.3 Å². The molecule has 20 heavy (non-hydrogen) atoms. The topological polar surface area (TPSA) is 44.4 Å². The van der Waals surface area contributed by atoms with Crippen molar-refractivity contribution in [2.24, 2.45) is 0 Å². The molecule has 2 N–H and O–H groups in total. The van der Waals surface area contributed by atoms with Gasteiger partial charge in [0.1, 0.15) is 0 Å². The number of rotatable bonds is 6. The number of amides is 1. The van der Waals surface area contributed by atoms with Crippen LogP contribution >= 0.6 is 0 Å². The van der Waals surface area contributed by atoms with Crippen molar-refractivity contribution in [1.29, 1.82) is 0 Å². The lowest BCUT2D eigenvalue weighted by Crippen LogP contribution is -2.36. The molecule has 0 aliphatic carbocycles. The summed E-state index contributed by atoms with van der Waals surface area (Å²) in [6.07, 6.45) is 2.02. The molecule has 1 saturated heterocycles. The summed E-state index contributed by atoms with van der Waals surface area (Å²) in [4.78, 5) is 14.6. The Morgan fingerprint density at radius 2 is 2.10 bits per heavy atom. The van der Waals surface area contributed by atoms with Gasteiger partial charge in [-0.2, -0.15) is 0 Å². The molecule has 2 rings (SSSR count). The minimum absolute atomic E-state index is 0.0310. The normalized spacial score (nSPS) is 18.4. The Morgan fingerprint density at radius 1 is 1.35 bits per heavy atom. The molecule has 1 aromatic rings. The molecule has 4 nitrogen and oxygen atoms in total. The first-order valence-corrected chi connectivity index (χ1v) is 7.59.